The predicted molar refractivity (Wildman–Crippen MR) is 40.7 cm³/mol. The molecule has 0 spiro atoms. The maximum Gasteiger partial charge on any atom is 0.460 e. The number of hydrogen-bond donors (Lipinski definition) is 0. The number of rotatable bonds is 0. The van der Waals surface area contributed by atoms with Crippen LogP contribution in [-0.4, -0.2) is 23.3 Å². The zero-order valence-electron chi connectivity index (χ0n) is 7.36. The molecule has 1 heterocycles. The molecule has 0 amide bonds. The minimum Gasteiger partial charge on any atom is -0.209 e. The highest BCUT2D eigenvalue weighted by Crippen LogP contribution is 2.33. The summed E-state index contributed by atoms with van der Waals surface area (Å²) in [6, 6.07) is -0.706. The van der Waals surface area contributed by atoms with Crippen LogP contribution in [0.5, 0.6) is 0 Å². The van der Waals surface area contributed by atoms with Crippen LogP contribution in [0.2, 0.25) is 0 Å². The maximum absolute atomic E-state index is 12.4. The first-order valence-electron chi connectivity index (χ1n) is 4.28. The Hall–Kier alpha value is -0.250. The number of alkyl halides is 3. The van der Waals surface area contributed by atoms with Crippen LogP contribution >= 0.6 is 0 Å². The number of nitrogens with zero attached hydrogens (tertiary/aromatic N) is 1. The van der Waals surface area contributed by atoms with Crippen molar-refractivity contribution in [3.8, 4) is 0 Å². The maximum atomic E-state index is 12.4. The highest BCUT2D eigenvalue weighted by molar-refractivity contribution is 4.80. The molecule has 0 saturated carbocycles. The first kappa shape index (κ1) is 9.84. The van der Waals surface area contributed by atoms with Crippen LogP contribution in [0, 0.1) is 0 Å². The lowest BCUT2D eigenvalue weighted by Crippen LogP contribution is -2.51. The van der Waals surface area contributed by atoms with Gasteiger partial charge in [-0.1, -0.05) is 6.42 Å². The summed E-state index contributed by atoms with van der Waals surface area (Å²) in [5, 5.41) is 0. The van der Waals surface area contributed by atoms with Crippen LogP contribution in [0.4, 0.5) is 13.2 Å². The van der Waals surface area contributed by atoms with Crippen LogP contribution in [0.1, 0.15) is 33.1 Å². The van der Waals surface area contributed by atoms with E-state index in [4.69, 9.17) is 0 Å². The summed E-state index contributed by atoms with van der Waals surface area (Å²) in [4.78, 5) is 0.663. The lowest BCUT2D eigenvalue weighted by Gasteiger charge is -2.39. The Bertz CT molecular complexity index is 145. The molecular weight excluding hydrogens is 167 g/mol. The molecule has 1 saturated heterocycles. The van der Waals surface area contributed by atoms with Gasteiger partial charge < -0.3 is 0 Å². The smallest absolute Gasteiger partial charge is 0.209 e. The molecule has 12 heavy (non-hydrogen) atoms. The normalized spacial score (nSPS) is 33.8. The molecular formula is C8H14F3N. The van der Waals surface area contributed by atoms with Gasteiger partial charge in [-0.3, -0.25) is 0 Å². The van der Waals surface area contributed by atoms with Gasteiger partial charge in [-0.05, 0) is 26.7 Å². The van der Waals surface area contributed by atoms with Gasteiger partial charge in [0, 0.05) is 12.1 Å². The first-order chi connectivity index (χ1) is 5.43. The van der Waals surface area contributed by atoms with Crippen LogP contribution in [0.3, 0.4) is 0 Å². The largest absolute Gasteiger partial charge is 0.460 e. The Morgan fingerprint density at radius 3 is 1.75 bits per heavy atom. The molecule has 72 valence electrons. The summed E-state index contributed by atoms with van der Waals surface area (Å²) in [5.41, 5.74) is 0. The zero-order chi connectivity index (χ0) is 9.35. The fraction of sp³-hybridized carbons (Fsp3) is 1.00. The van der Waals surface area contributed by atoms with E-state index < -0.39 is 6.30 Å². The molecule has 1 aliphatic heterocycles. The Morgan fingerprint density at radius 1 is 1.08 bits per heavy atom. The zero-order valence-corrected chi connectivity index (χ0v) is 7.36. The Balaban J connectivity index is 2.69. The summed E-state index contributed by atoms with van der Waals surface area (Å²) in [6.07, 6.45) is -1.93. The van der Waals surface area contributed by atoms with Crippen molar-refractivity contribution in [2.45, 2.75) is 51.5 Å². The van der Waals surface area contributed by atoms with Gasteiger partial charge >= 0.3 is 6.30 Å². The van der Waals surface area contributed by atoms with Crippen molar-refractivity contribution in [1.82, 2.24) is 4.90 Å². The van der Waals surface area contributed by atoms with E-state index in [2.05, 4.69) is 0 Å². The predicted octanol–water partition coefficient (Wildman–Crippen LogP) is 2.77. The molecule has 0 aromatic carbocycles. The molecule has 1 fully saturated rings. The van der Waals surface area contributed by atoms with E-state index in [1.165, 1.54) is 0 Å². The molecule has 0 aromatic rings. The molecule has 0 aliphatic carbocycles. The molecule has 1 rings (SSSR count). The van der Waals surface area contributed by atoms with Crippen LogP contribution in [0.25, 0.3) is 0 Å². The number of piperidine rings is 1. The highest BCUT2D eigenvalue weighted by atomic mass is 19.4. The van der Waals surface area contributed by atoms with Gasteiger partial charge in [-0.2, -0.15) is 13.2 Å². The van der Waals surface area contributed by atoms with E-state index in [0.717, 1.165) is 6.42 Å². The van der Waals surface area contributed by atoms with Crippen molar-refractivity contribution in [3.05, 3.63) is 0 Å². The van der Waals surface area contributed by atoms with Gasteiger partial charge in [-0.15, -0.1) is 0 Å². The van der Waals surface area contributed by atoms with Crippen molar-refractivity contribution >= 4 is 0 Å². The number of halogens is 3. The third-order valence-electron chi connectivity index (χ3n) is 2.49. The molecule has 0 bridgehead atoms. The molecule has 2 unspecified atom stereocenters. The van der Waals surface area contributed by atoms with Gasteiger partial charge in [0.05, 0.1) is 0 Å². The van der Waals surface area contributed by atoms with Crippen molar-refractivity contribution < 1.29 is 13.2 Å². The van der Waals surface area contributed by atoms with E-state index in [9.17, 15) is 13.2 Å². The highest BCUT2D eigenvalue weighted by Gasteiger charge is 2.44. The van der Waals surface area contributed by atoms with Crippen LogP contribution in [-0.2, 0) is 0 Å². The molecule has 1 nitrogen and oxygen atoms in total. The summed E-state index contributed by atoms with van der Waals surface area (Å²) >= 11 is 0. The quantitative estimate of drug-likeness (QED) is 0.519. The van der Waals surface area contributed by atoms with E-state index in [1.807, 2.05) is 0 Å². The van der Waals surface area contributed by atoms with Gasteiger partial charge in [-0.25, -0.2) is 4.90 Å². The summed E-state index contributed by atoms with van der Waals surface area (Å²) < 4.78 is 37.1. The monoisotopic (exact) mass is 181 g/mol. The van der Waals surface area contributed by atoms with Gasteiger partial charge in [0.15, 0.2) is 0 Å². The van der Waals surface area contributed by atoms with E-state index >= 15 is 0 Å². The minimum atomic E-state index is -4.15. The molecule has 1 aliphatic rings. The fourth-order valence-electron chi connectivity index (χ4n) is 1.92. The lowest BCUT2D eigenvalue weighted by molar-refractivity contribution is -0.274. The average molecular weight is 181 g/mol. The molecule has 4 heteroatoms. The van der Waals surface area contributed by atoms with Crippen molar-refractivity contribution in [2.24, 2.45) is 0 Å². The van der Waals surface area contributed by atoms with Crippen LogP contribution < -0.4 is 0 Å². The third-order valence-corrected chi connectivity index (χ3v) is 2.49. The summed E-state index contributed by atoms with van der Waals surface area (Å²) in [6.45, 7) is 3.28. The second-order valence-electron chi connectivity index (χ2n) is 3.50. The van der Waals surface area contributed by atoms with Gasteiger partial charge in [0.25, 0.3) is 0 Å². The van der Waals surface area contributed by atoms with Crippen molar-refractivity contribution in [3.63, 3.8) is 0 Å². The lowest BCUT2D eigenvalue weighted by atomic mass is 9.98. The van der Waals surface area contributed by atoms with E-state index in [0.29, 0.717) is 17.7 Å². The van der Waals surface area contributed by atoms with E-state index in [1.54, 1.807) is 13.8 Å². The molecule has 0 aromatic heterocycles. The Labute approximate surface area is 70.5 Å². The second kappa shape index (κ2) is 3.24. The Morgan fingerprint density at radius 2 is 1.50 bits per heavy atom. The van der Waals surface area contributed by atoms with Crippen molar-refractivity contribution in [1.29, 1.82) is 0 Å². The Kier molecular flexibility index (Phi) is 2.66. The van der Waals surface area contributed by atoms with Crippen molar-refractivity contribution in [2.75, 3.05) is 0 Å². The summed E-state index contributed by atoms with van der Waals surface area (Å²) in [7, 11) is 0. The van der Waals surface area contributed by atoms with Gasteiger partial charge in [0.1, 0.15) is 0 Å². The third kappa shape index (κ3) is 1.91. The molecule has 2 atom stereocenters. The fourth-order valence-corrected chi connectivity index (χ4v) is 1.92. The minimum absolute atomic E-state index is 0.353. The standard InChI is InChI=1S/C8H14F3N/c1-6-4-3-5-7(2)12(6)8(9,10)11/h6-7H,3-5H2,1-2H3. The molecule has 0 radical (unpaired) electrons. The summed E-state index contributed by atoms with van der Waals surface area (Å²) in [5.74, 6) is 0. The van der Waals surface area contributed by atoms with Crippen LogP contribution in [0.15, 0.2) is 0 Å². The first-order valence-corrected chi connectivity index (χ1v) is 4.28. The number of hydrogen-bond acceptors (Lipinski definition) is 1. The topological polar surface area (TPSA) is 3.24 Å². The SMILES string of the molecule is CC1CCCC(C)N1C(F)(F)F. The average Bonchev–Trinajstić information content (AvgIpc) is 1.82. The van der Waals surface area contributed by atoms with E-state index in [-0.39, 0.29) is 12.1 Å². The van der Waals surface area contributed by atoms with Gasteiger partial charge in [0.2, 0.25) is 0 Å². The number of likely N-dealkylation sites (tertiary alicyclic amines) is 1. The molecule has 0 N–H and O–H groups in total. The second-order valence-corrected chi connectivity index (χ2v) is 3.50.